The normalized spacial score (nSPS) is 16.4. The molecular weight excluding hydrogens is 372 g/mol. The van der Waals surface area contributed by atoms with Crippen molar-refractivity contribution in [3.63, 3.8) is 0 Å². The van der Waals surface area contributed by atoms with Crippen LogP contribution in [0.5, 0.6) is 0 Å². The number of halogens is 1. The Labute approximate surface area is 167 Å². The van der Waals surface area contributed by atoms with Crippen molar-refractivity contribution in [3.8, 4) is 11.4 Å². The maximum absolute atomic E-state index is 12.8. The summed E-state index contributed by atoms with van der Waals surface area (Å²) < 4.78 is 1.60. The molecule has 1 atom stereocenters. The summed E-state index contributed by atoms with van der Waals surface area (Å²) in [6, 6.07) is 15.7. The summed E-state index contributed by atoms with van der Waals surface area (Å²) in [6.07, 6.45) is 2.89. The Hall–Kier alpha value is -3.05. The number of Topliss-reactive ketones (excluding diaryl/α,β-unsaturated/α-hetero) is 1. The van der Waals surface area contributed by atoms with E-state index in [1.807, 2.05) is 55.5 Å². The monoisotopic (exact) mass is 388 g/mol. The second kappa shape index (κ2) is 6.53. The van der Waals surface area contributed by atoms with Gasteiger partial charge in [0.2, 0.25) is 0 Å². The first kappa shape index (κ1) is 17.1. The van der Waals surface area contributed by atoms with Crippen molar-refractivity contribution in [1.82, 2.24) is 19.6 Å². The van der Waals surface area contributed by atoms with Crippen LogP contribution >= 0.6 is 11.6 Å². The largest absolute Gasteiger partial charge is 0.294 e. The van der Waals surface area contributed by atoms with Gasteiger partial charge in [-0.3, -0.25) is 4.79 Å². The van der Waals surface area contributed by atoms with Crippen LogP contribution < -0.4 is 0 Å². The van der Waals surface area contributed by atoms with Gasteiger partial charge in [0, 0.05) is 23.2 Å². The molecule has 0 radical (unpaired) electrons. The van der Waals surface area contributed by atoms with Crippen molar-refractivity contribution < 1.29 is 4.79 Å². The van der Waals surface area contributed by atoms with E-state index in [1.54, 1.807) is 10.7 Å². The fourth-order valence-electron chi connectivity index (χ4n) is 3.70. The SMILES string of the molecule is Cc1ccc(-c2nc3nc4c(cn3n2)C(=O)C[C@H](c2cccc(Cl)c2)C4)cc1. The summed E-state index contributed by atoms with van der Waals surface area (Å²) in [5.41, 5.74) is 4.58. The molecule has 6 heteroatoms. The number of aryl methyl sites for hydroxylation is 1. The Morgan fingerprint density at radius 3 is 2.68 bits per heavy atom. The highest BCUT2D eigenvalue weighted by Gasteiger charge is 2.28. The smallest absolute Gasteiger partial charge is 0.252 e. The minimum atomic E-state index is 0.0769. The maximum Gasteiger partial charge on any atom is 0.252 e. The molecule has 0 saturated heterocycles. The molecular formula is C22H17ClN4O. The van der Waals surface area contributed by atoms with E-state index in [-0.39, 0.29) is 11.7 Å². The number of benzene rings is 2. The van der Waals surface area contributed by atoms with E-state index in [0.717, 1.165) is 16.8 Å². The van der Waals surface area contributed by atoms with Gasteiger partial charge in [-0.15, -0.1) is 5.10 Å². The highest BCUT2D eigenvalue weighted by Crippen LogP contribution is 2.33. The van der Waals surface area contributed by atoms with Gasteiger partial charge < -0.3 is 0 Å². The van der Waals surface area contributed by atoms with Crippen LogP contribution in [-0.2, 0) is 6.42 Å². The van der Waals surface area contributed by atoms with Crippen LogP contribution in [0.2, 0.25) is 5.02 Å². The minimum Gasteiger partial charge on any atom is -0.294 e. The lowest BCUT2D eigenvalue weighted by atomic mass is 9.82. The average molecular weight is 389 g/mol. The molecule has 138 valence electrons. The van der Waals surface area contributed by atoms with E-state index in [4.69, 9.17) is 11.6 Å². The number of carbonyl (C=O) groups is 1. The molecule has 2 aromatic heterocycles. The molecule has 2 heterocycles. The summed E-state index contributed by atoms with van der Waals surface area (Å²) in [7, 11) is 0. The Morgan fingerprint density at radius 1 is 1.07 bits per heavy atom. The van der Waals surface area contributed by atoms with Crippen molar-refractivity contribution in [2.75, 3.05) is 0 Å². The van der Waals surface area contributed by atoms with Crippen LogP contribution in [0.1, 0.15) is 39.5 Å². The molecule has 0 spiro atoms. The number of rotatable bonds is 2. The van der Waals surface area contributed by atoms with E-state index in [1.165, 1.54) is 5.56 Å². The molecule has 0 fully saturated rings. The third-order valence-electron chi connectivity index (χ3n) is 5.21. The first-order chi connectivity index (χ1) is 13.6. The molecule has 28 heavy (non-hydrogen) atoms. The predicted octanol–water partition coefficient (Wildman–Crippen LogP) is 4.67. The molecule has 0 amide bonds. The molecule has 0 bridgehead atoms. The van der Waals surface area contributed by atoms with Crippen molar-refractivity contribution in [3.05, 3.63) is 82.1 Å². The molecule has 0 aliphatic heterocycles. The van der Waals surface area contributed by atoms with Gasteiger partial charge in [0.1, 0.15) is 0 Å². The lowest BCUT2D eigenvalue weighted by Crippen LogP contribution is -2.21. The zero-order valence-electron chi connectivity index (χ0n) is 15.3. The van der Waals surface area contributed by atoms with Crippen LogP contribution in [-0.4, -0.2) is 25.4 Å². The van der Waals surface area contributed by atoms with Gasteiger partial charge in [0.05, 0.1) is 11.3 Å². The van der Waals surface area contributed by atoms with Crippen molar-refractivity contribution in [2.24, 2.45) is 0 Å². The molecule has 5 rings (SSSR count). The first-order valence-electron chi connectivity index (χ1n) is 9.19. The summed E-state index contributed by atoms with van der Waals surface area (Å²) in [5, 5.41) is 5.20. The van der Waals surface area contributed by atoms with E-state index in [9.17, 15) is 4.79 Å². The van der Waals surface area contributed by atoms with Crippen molar-refractivity contribution in [2.45, 2.75) is 25.7 Å². The molecule has 2 aromatic carbocycles. The second-order valence-electron chi connectivity index (χ2n) is 7.23. The average Bonchev–Trinajstić information content (AvgIpc) is 3.10. The lowest BCUT2D eigenvalue weighted by Gasteiger charge is -2.23. The zero-order chi connectivity index (χ0) is 19.3. The number of aromatic nitrogens is 4. The molecule has 4 aromatic rings. The number of nitrogens with zero attached hydrogens (tertiary/aromatic N) is 4. The number of hydrogen-bond donors (Lipinski definition) is 0. The van der Waals surface area contributed by atoms with E-state index in [2.05, 4.69) is 15.1 Å². The lowest BCUT2D eigenvalue weighted by molar-refractivity contribution is 0.0962. The Kier molecular flexibility index (Phi) is 3.98. The summed E-state index contributed by atoms with van der Waals surface area (Å²) in [4.78, 5) is 22.0. The van der Waals surface area contributed by atoms with Gasteiger partial charge in [0.15, 0.2) is 11.6 Å². The van der Waals surface area contributed by atoms with E-state index >= 15 is 0 Å². The van der Waals surface area contributed by atoms with Crippen LogP contribution in [0, 0.1) is 6.92 Å². The molecule has 0 unspecified atom stereocenters. The molecule has 1 aliphatic carbocycles. The number of hydrogen-bond acceptors (Lipinski definition) is 4. The summed E-state index contributed by atoms with van der Waals surface area (Å²) >= 11 is 6.13. The molecule has 5 nitrogen and oxygen atoms in total. The Bertz CT molecular complexity index is 1210. The summed E-state index contributed by atoms with van der Waals surface area (Å²) in [6.45, 7) is 2.04. The quantitative estimate of drug-likeness (QED) is 0.500. The second-order valence-corrected chi connectivity index (χ2v) is 7.67. The number of carbonyl (C=O) groups excluding carboxylic acids is 1. The molecule has 0 N–H and O–H groups in total. The first-order valence-corrected chi connectivity index (χ1v) is 9.56. The van der Waals surface area contributed by atoms with Gasteiger partial charge in [-0.05, 0) is 37.0 Å². The zero-order valence-corrected chi connectivity index (χ0v) is 16.0. The van der Waals surface area contributed by atoms with Crippen LogP contribution in [0.15, 0.2) is 54.7 Å². The standard InChI is InChI=1S/C22H17ClN4O/c1-13-5-7-14(8-6-13)21-25-22-24-19-10-16(15-3-2-4-17(23)9-15)11-20(28)18(19)12-27(22)26-21/h2-9,12,16H,10-11H2,1H3/t16-/m1/s1. The van der Waals surface area contributed by atoms with E-state index in [0.29, 0.717) is 35.0 Å². The van der Waals surface area contributed by atoms with Crippen molar-refractivity contribution >= 4 is 23.2 Å². The topological polar surface area (TPSA) is 60.1 Å². The van der Waals surface area contributed by atoms with Gasteiger partial charge in [-0.1, -0.05) is 53.6 Å². The maximum atomic E-state index is 12.8. The van der Waals surface area contributed by atoms with Crippen molar-refractivity contribution in [1.29, 1.82) is 0 Å². The van der Waals surface area contributed by atoms with Crippen LogP contribution in [0.25, 0.3) is 17.2 Å². The Balaban J connectivity index is 1.55. The number of ketones is 1. The molecule has 1 aliphatic rings. The van der Waals surface area contributed by atoms with Crippen LogP contribution in [0.3, 0.4) is 0 Å². The highest BCUT2D eigenvalue weighted by molar-refractivity contribution is 6.30. The number of fused-ring (bicyclic) bond motifs is 2. The fraction of sp³-hybridized carbons (Fsp3) is 0.182. The van der Waals surface area contributed by atoms with Gasteiger partial charge >= 0.3 is 0 Å². The molecule has 0 saturated carbocycles. The van der Waals surface area contributed by atoms with Crippen LogP contribution in [0.4, 0.5) is 0 Å². The minimum absolute atomic E-state index is 0.0769. The third-order valence-corrected chi connectivity index (χ3v) is 5.45. The van der Waals surface area contributed by atoms with Gasteiger partial charge in [-0.25, -0.2) is 9.50 Å². The summed E-state index contributed by atoms with van der Waals surface area (Å²) in [5.74, 6) is 1.27. The van der Waals surface area contributed by atoms with Gasteiger partial charge in [-0.2, -0.15) is 4.98 Å². The highest BCUT2D eigenvalue weighted by atomic mass is 35.5. The van der Waals surface area contributed by atoms with E-state index < -0.39 is 0 Å². The third kappa shape index (κ3) is 2.98. The Morgan fingerprint density at radius 2 is 1.89 bits per heavy atom. The predicted molar refractivity (Wildman–Crippen MR) is 108 cm³/mol. The fourth-order valence-corrected chi connectivity index (χ4v) is 3.90. The van der Waals surface area contributed by atoms with Gasteiger partial charge in [0.25, 0.3) is 5.78 Å².